The highest BCUT2D eigenvalue weighted by Gasteiger charge is 2.31. The molecule has 1 saturated heterocycles. The molecule has 0 radical (unpaired) electrons. The fourth-order valence-corrected chi connectivity index (χ4v) is 2.91. The molecule has 100 valence electrons. The van der Waals surface area contributed by atoms with E-state index in [2.05, 4.69) is 31.2 Å². The number of ether oxygens (including phenoxy) is 1. The van der Waals surface area contributed by atoms with Crippen molar-refractivity contribution >= 4 is 0 Å². The fourth-order valence-electron chi connectivity index (χ4n) is 2.91. The molecule has 1 heterocycles. The number of benzene rings is 1. The predicted molar refractivity (Wildman–Crippen MR) is 73.7 cm³/mol. The van der Waals surface area contributed by atoms with Crippen molar-refractivity contribution < 1.29 is 9.84 Å². The normalized spacial score (nSPS) is 22.9. The third-order valence-corrected chi connectivity index (χ3v) is 4.33. The van der Waals surface area contributed by atoms with Crippen molar-refractivity contribution in [2.24, 2.45) is 0 Å². The maximum absolute atomic E-state index is 9.86. The van der Waals surface area contributed by atoms with Gasteiger partial charge in [-0.05, 0) is 37.7 Å². The summed E-state index contributed by atoms with van der Waals surface area (Å²) in [6.07, 6.45) is 5.82. The van der Waals surface area contributed by atoms with E-state index in [1.807, 2.05) is 6.07 Å². The topological polar surface area (TPSA) is 29.5 Å². The Bertz CT molecular complexity index is 337. The van der Waals surface area contributed by atoms with Crippen LogP contribution in [-0.2, 0) is 10.2 Å². The molecule has 1 aliphatic rings. The number of hydrogen-bond donors (Lipinski definition) is 1. The van der Waals surface area contributed by atoms with Gasteiger partial charge in [0.1, 0.15) is 0 Å². The van der Waals surface area contributed by atoms with Crippen LogP contribution in [-0.4, -0.2) is 24.4 Å². The van der Waals surface area contributed by atoms with Gasteiger partial charge in [0.15, 0.2) is 0 Å². The van der Waals surface area contributed by atoms with Crippen LogP contribution in [0.15, 0.2) is 30.3 Å². The zero-order valence-electron chi connectivity index (χ0n) is 11.3. The SMILES string of the molecule is CCC(CO)(CCC1CCCO1)c1ccccc1. The van der Waals surface area contributed by atoms with Gasteiger partial charge in [-0.1, -0.05) is 37.3 Å². The fraction of sp³-hybridized carbons (Fsp3) is 0.625. The van der Waals surface area contributed by atoms with Gasteiger partial charge in [-0.25, -0.2) is 0 Å². The highest BCUT2D eigenvalue weighted by atomic mass is 16.5. The van der Waals surface area contributed by atoms with Gasteiger partial charge in [0, 0.05) is 12.0 Å². The van der Waals surface area contributed by atoms with Crippen LogP contribution < -0.4 is 0 Å². The molecule has 1 aromatic carbocycles. The molecule has 0 saturated carbocycles. The lowest BCUT2D eigenvalue weighted by Crippen LogP contribution is -2.31. The second-order valence-corrected chi connectivity index (χ2v) is 5.33. The van der Waals surface area contributed by atoms with E-state index in [0.717, 1.165) is 25.9 Å². The van der Waals surface area contributed by atoms with Crippen molar-refractivity contribution in [3.05, 3.63) is 35.9 Å². The molecule has 2 nitrogen and oxygen atoms in total. The van der Waals surface area contributed by atoms with Crippen LogP contribution in [0.2, 0.25) is 0 Å². The lowest BCUT2D eigenvalue weighted by Gasteiger charge is -2.32. The highest BCUT2D eigenvalue weighted by molar-refractivity contribution is 5.25. The largest absolute Gasteiger partial charge is 0.395 e. The third-order valence-electron chi connectivity index (χ3n) is 4.33. The minimum Gasteiger partial charge on any atom is -0.395 e. The molecule has 0 spiro atoms. The Kier molecular flexibility index (Phi) is 4.79. The van der Waals surface area contributed by atoms with Gasteiger partial charge in [0.05, 0.1) is 12.7 Å². The smallest absolute Gasteiger partial charge is 0.0576 e. The Labute approximate surface area is 110 Å². The van der Waals surface area contributed by atoms with Crippen molar-refractivity contribution in [2.75, 3.05) is 13.2 Å². The zero-order valence-corrected chi connectivity index (χ0v) is 11.3. The number of aliphatic hydroxyl groups is 1. The quantitative estimate of drug-likeness (QED) is 0.837. The van der Waals surface area contributed by atoms with Gasteiger partial charge < -0.3 is 9.84 Å². The van der Waals surface area contributed by atoms with Gasteiger partial charge in [0.2, 0.25) is 0 Å². The average molecular weight is 248 g/mol. The molecule has 0 aromatic heterocycles. The summed E-state index contributed by atoms with van der Waals surface area (Å²) in [5.41, 5.74) is 1.17. The van der Waals surface area contributed by atoms with Crippen LogP contribution in [0.3, 0.4) is 0 Å². The molecule has 2 rings (SSSR count). The second-order valence-electron chi connectivity index (χ2n) is 5.33. The molecule has 0 aliphatic carbocycles. The molecule has 1 aromatic rings. The monoisotopic (exact) mass is 248 g/mol. The van der Waals surface area contributed by atoms with Gasteiger partial charge >= 0.3 is 0 Å². The van der Waals surface area contributed by atoms with Gasteiger partial charge in [-0.3, -0.25) is 0 Å². The summed E-state index contributed by atoms with van der Waals surface area (Å²) < 4.78 is 5.69. The Morgan fingerprint density at radius 3 is 2.67 bits per heavy atom. The van der Waals surface area contributed by atoms with Crippen LogP contribution >= 0.6 is 0 Å². The maximum Gasteiger partial charge on any atom is 0.0576 e. The van der Waals surface area contributed by atoms with Crippen LogP contribution in [0, 0.1) is 0 Å². The van der Waals surface area contributed by atoms with Gasteiger partial charge in [-0.15, -0.1) is 0 Å². The van der Waals surface area contributed by atoms with E-state index in [-0.39, 0.29) is 12.0 Å². The van der Waals surface area contributed by atoms with Crippen molar-refractivity contribution in [1.29, 1.82) is 0 Å². The number of hydrogen-bond acceptors (Lipinski definition) is 2. The first-order valence-electron chi connectivity index (χ1n) is 7.09. The summed E-state index contributed by atoms with van der Waals surface area (Å²) in [6, 6.07) is 10.4. The Morgan fingerprint density at radius 1 is 1.33 bits per heavy atom. The van der Waals surface area contributed by atoms with E-state index in [1.165, 1.54) is 18.4 Å². The van der Waals surface area contributed by atoms with E-state index in [1.54, 1.807) is 0 Å². The summed E-state index contributed by atoms with van der Waals surface area (Å²) in [5, 5.41) is 9.86. The highest BCUT2D eigenvalue weighted by Crippen LogP contribution is 2.34. The summed E-state index contributed by atoms with van der Waals surface area (Å²) in [6.45, 7) is 3.30. The average Bonchev–Trinajstić information content (AvgIpc) is 2.95. The first-order chi connectivity index (χ1) is 8.80. The van der Waals surface area contributed by atoms with Crippen LogP contribution in [0.1, 0.15) is 44.6 Å². The summed E-state index contributed by atoms with van der Waals surface area (Å²) in [4.78, 5) is 0. The minimum atomic E-state index is -0.0901. The zero-order chi connectivity index (χ0) is 12.8. The molecule has 0 amide bonds. The Balaban J connectivity index is 2.06. The Morgan fingerprint density at radius 2 is 2.11 bits per heavy atom. The van der Waals surface area contributed by atoms with E-state index >= 15 is 0 Å². The maximum atomic E-state index is 9.86. The molecular weight excluding hydrogens is 224 g/mol. The van der Waals surface area contributed by atoms with E-state index in [4.69, 9.17) is 4.74 Å². The molecule has 2 heteroatoms. The summed E-state index contributed by atoms with van der Waals surface area (Å²) in [5.74, 6) is 0. The van der Waals surface area contributed by atoms with Crippen molar-refractivity contribution in [1.82, 2.24) is 0 Å². The first kappa shape index (κ1) is 13.6. The van der Waals surface area contributed by atoms with Gasteiger partial charge in [0.25, 0.3) is 0 Å². The predicted octanol–water partition coefficient (Wildman–Crippen LogP) is 3.29. The molecule has 0 bridgehead atoms. The van der Waals surface area contributed by atoms with Crippen LogP contribution in [0.5, 0.6) is 0 Å². The molecule has 18 heavy (non-hydrogen) atoms. The van der Waals surface area contributed by atoms with Crippen molar-refractivity contribution in [3.8, 4) is 0 Å². The van der Waals surface area contributed by atoms with Crippen LogP contribution in [0.4, 0.5) is 0 Å². The molecule has 1 N–H and O–H groups in total. The molecule has 1 fully saturated rings. The van der Waals surface area contributed by atoms with Crippen molar-refractivity contribution in [3.63, 3.8) is 0 Å². The van der Waals surface area contributed by atoms with E-state index in [0.29, 0.717) is 6.10 Å². The molecular formula is C16H24O2. The second kappa shape index (κ2) is 6.35. The van der Waals surface area contributed by atoms with Crippen LogP contribution in [0.25, 0.3) is 0 Å². The van der Waals surface area contributed by atoms with Gasteiger partial charge in [-0.2, -0.15) is 0 Å². The van der Waals surface area contributed by atoms with E-state index in [9.17, 15) is 5.11 Å². The molecule has 2 atom stereocenters. The summed E-state index contributed by atoms with van der Waals surface area (Å²) >= 11 is 0. The first-order valence-corrected chi connectivity index (χ1v) is 7.09. The van der Waals surface area contributed by atoms with E-state index < -0.39 is 0 Å². The number of aliphatic hydroxyl groups excluding tert-OH is 1. The number of rotatable bonds is 6. The Hall–Kier alpha value is -0.860. The lowest BCUT2D eigenvalue weighted by atomic mass is 9.74. The lowest BCUT2D eigenvalue weighted by molar-refractivity contribution is 0.0863. The molecule has 1 aliphatic heterocycles. The van der Waals surface area contributed by atoms with Crippen molar-refractivity contribution in [2.45, 2.75) is 50.5 Å². The third kappa shape index (κ3) is 2.93. The minimum absolute atomic E-state index is 0.0901. The summed E-state index contributed by atoms with van der Waals surface area (Å²) in [7, 11) is 0. The standard InChI is InChI=1S/C16H24O2/c1-2-16(13-17,14-7-4-3-5-8-14)11-10-15-9-6-12-18-15/h3-5,7-8,15,17H,2,6,9-13H2,1H3. The molecule has 2 unspecified atom stereocenters.